The summed E-state index contributed by atoms with van der Waals surface area (Å²) in [5.41, 5.74) is 6.48. The average molecular weight is 881 g/mol. The summed E-state index contributed by atoms with van der Waals surface area (Å²) in [5, 5.41) is 2.02. The Morgan fingerprint density at radius 3 is 1.47 bits per heavy atom. The van der Waals surface area contributed by atoms with Gasteiger partial charge in [-0.1, -0.05) is 87.4 Å². The molecule has 13 rings (SSSR count). The van der Waals surface area contributed by atoms with E-state index in [0.717, 1.165) is 100 Å². The van der Waals surface area contributed by atoms with E-state index in [9.17, 15) is 0 Å². The molecule has 338 valence electrons. The van der Waals surface area contributed by atoms with Crippen LogP contribution in [0.15, 0.2) is 122 Å². The lowest BCUT2D eigenvalue weighted by molar-refractivity contribution is -0.0510. The molecule has 4 bridgehead atoms. The monoisotopic (exact) mass is 880 g/mol. The van der Waals surface area contributed by atoms with E-state index in [-0.39, 0.29) is 12.1 Å². The van der Waals surface area contributed by atoms with E-state index in [1.54, 1.807) is 14.2 Å². The zero-order valence-electron chi connectivity index (χ0n) is 38.6. The molecule has 0 amide bonds. The minimum Gasteiger partial charge on any atom is -0.497 e. The Morgan fingerprint density at radius 2 is 1.05 bits per heavy atom. The molecule has 6 fully saturated rings. The Balaban J connectivity index is 1.13. The van der Waals surface area contributed by atoms with Gasteiger partial charge in [0.1, 0.15) is 29.3 Å². The fourth-order valence-corrected chi connectivity index (χ4v) is 12.1. The van der Waals surface area contributed by atoms with E-state index in [1.807, 2.05) is 54.9 Å². The molecule has 10 heteroatoms. The first-order valence-corrected chi connectivity index (χ1v) is 24.2. The SMILES string of the molecule is CCC1CN2CC[C@@H]1C[C@@H]2C(Oc1nc(-c2ccccc2)nc(OC(c2ccnc3ccc(OC)cc23)[C@@H]2C[C@H]3CCN2CC3CC)c1-c1ccccc1)c1ccnc2ccc(OC)cc12. The number of rotatable bonds is 14. The van der Waals surface area contributed by atoms with Gasteiger partial charge in [-0.25, -0.2) is 0 Å². The highest BCUT2D eigenvalue weighted by molar-refractivity contribution is 5.85. The van der Waals surface area contributed by atoms with Crippen LogP contribution >= 0.6 is 0 Å². The molecule has 0 aliphatic carbocycles. The van der Waals surface area contributed by atoms with Crippen molar-refractivity contribution in [2.45, 2.75) is 76.7 Å². The number of pyridine rings is 2. The van der Waals surface area contributed by atoms with Gasteiger partial charge in [-0.05, 0) is 117 Å². The maximum atomic E-state index is 7.76. The lowest BCUT2D eigenvalue weighted by atomic mass is 9.72. The van der Waals surface area contributed by atoms with Gasteiger partial charge in [-0.15, -0.1) is 0 Å². The van der Waals surface area contributed by atoms with Gasteiger partial charge in [-0.2, -0.15) is 9.97 Å². The quantitative estimate of drug-likeness (QED) is 0.105. The first-order valence-electron chi connectivity index (χ1n) is 24.2. The lowest BCUT2D eigenvalue weighted by Gasteiger charge is -2.52. The highest BCUT2D eigenvalue weighted by atomic mass is 16.5. The summed E-state index contributed by atoms with van der Waals surface area (Å²) in [6, 6.07) is 37.4. The molecule has 10 nitrogen and oxygen atoms in total. The van der Waals surface area contributed by atoms with Crippen molar-refractivity contribution in [3.8, 4) is 45.8 Å². The molecule has 6 aliphatic rings. The summed E-state index contributed by atoms with van der Waals surface area (Å²) in [6.07, 6.45) is 9.90. The molecule has 6 aliphatic heterocycles. The summed E-state index contributed by atoms with van der Waals surface area (Å²) in [5.74, 6) is 5.70. The third kappa shape index (κ3) is 7.91. The van der Waals surface area contributed by atoms with Gasteiger partial charge in [0.05, 0.1) is 37.3 Å². The van der Waals surface area contributed by atoms with Gasteiger partial charge in [0.2, 0.25) is 11.8 Å². The molecular formula is C56H60N6O4. The highest BCUT2D eigenvalue weighted by Crippen LogP contribution is 2.50. The van der Waals surface area contributed by atoms with Crippen LogP contribution in [0.25, 0.3) is 44.3 Å². The van der Waals surface area contributed by atoms with Crippen molar-refractivity contribution < 1.29 is 18.9 Å². The second-order valence-corrected chi connectivity index (χ2v) is 18.9. The third-order valence-corrected chi connectivity index (χ3v) is 15.6. The molecule has 6 unspecified atom stereocenters. The Hall–Kier alpha value is -6.10. The Bertz CT molecular complexity index is 2680. The fraction of sp³-hybridized carbons (Fsp3) is 0.393. The number of methoxy groups -OCH3 is 2. The van der Waals surface area contributed by atoms with Crippen LogP contribution in [0.3, 0.4) is 0 Å². The average Bonchev–Trinajstić information content (AvgIpc) is 3.39. The summed E-state index contributed by atoms with van der Waals surface area (Å²) in [7, 11) is 3.44. The molecule has 7 aromatic rings. The number of ether oxygens (including phenoxy) is 4. The van der Waals surface area contributed by atoms with Crippen LogP contribution in [-0.4, -0.2) is 82.2 Å². The molecule has 66 heavy (non-hydrogen) atoms. The molecule has 0 radical (unpaired) electrons. The summed E-state index contributed by atoms with van der Waals surface area (Å²) < 4.78 is 27.2. The zero-order valence-corrected chi connectivity index (χ0v) is 38.6. The van der Waals surface area contributed by atoms with Crippen molar-refractivity contribution in [2.24, 2.45) is 23.7 Å². The Morgan fingerprint density at radius 1 is 0.576 bits per heavy atom. The van der Waals surface area contributed by atoms with Gasteiger partial charge in [-0.3, -0.25) is 19.8 Å². The number of nitrogens with zero attached hydrogens (tertiary/aromatic N) is 6. The number of aromatic nitrogens is 4. The number of piperidine rings is 6. The van der Waals surface area contributed by atoms with Crippen LogP contribution in [0.5, 0.6) is 23.3 Å². The second kappa shape index (κ2) is 18.3. The molecule has 10 atom stereocenters. The van der Waals surface area contributed by atoms with Crippen LogP contribution in [-0.2, 0) is 0 Å². The van der Waals surface area contributed by atoms with Gasteiger partial charge in [0.25, 0.3) is 0 Å². The maximum absolute atomic E-state index is 7.76. The summed E-state index contributed by atoms with van der Waals surface area (Å²) in [4.78, 5) is 26.0. The van der Waals surface area contributed by atoms with E-state index in [4.69, 9.17) is 38.9 Å². The zero-order chi connectivity index (χ0) is 44.7. The maximum Gasteiger partial charge on any atom is 0.229 e. The van der Waals surface area contributed by atoms with Crippen molar-refractivity contribution in [1.82, 2.24) is 29.7 Å². The van der Waals surface area contributed by atoms with E-state index in [0.29, 0.717) is 41.3 Å². The van der Waals surface area contributed by atoms with Crippen molar-refractivity contribution in [2.75, 3.05) is 40.4 Å². The van der Waals surface area contributed by atoms with Gasteiger partial charge in [0, 0.05) is 52.9 Å². The van der Waals surface area contributed by atoms with Crippen LogP contribution < -0.4 is 18.9 Å². The lowest BCUT2D eigenvalue weighted by Crippen LogP contribution is -2.56. The first kappa shape index (κ1) is 42.5. The predicted molar refractivity (Wildman–Crippen MR) is 260 cm³/mol. The van der Waals surface area contributed by atoms with Crippen molar-refractivity contribution in [3.63, 3.8) is 0 Å². The van der Waals surface area contributed by atoms with Crippen LogP contribution in [0.2, 0.25) is 0 Å². The minimum atomic E-state index is -0.393. The fourth-order valence-electron chi connectivity index (χ4n) is 12.1. The summed E-state index contributed by atoms with van der Waals surface area (Å²) >= 11 is 0. The summed E-state index contributed by atoms with van der Waals surface area (Å²) in [6.45, 7) is 8.88. The molecule has 0 N–H and O–H groups in total. The number of hydrogen-bond acceptors (Lipinski definition) is 10. The van der Waals surface area contributed by atoms with Crippen molar-refractivity contribution >= 4 is 21.8 Å². The predicted octanol–water partition coefficient (Wildman–Crippen LogP) is 11.4. The Kier molecular flexibility index (Phi) is 11.8. The molecule has 6 saturated heterocycles. The largest absolute Gasteiger partial charge is 0.497 e. The van der Waals surface area contributed by atoms with Crippen molar-refractivity contribution in [3.05, 3.63) is 133 Å². The van der Waals surface area contributed by atoms with Gasteiger partial charge in [0.15, 0.2) is 5.82 Å². The second-order valence-electron chi connectivity index (χ2n) is 18.9. The molecule has 0 spiro atoms. The highest BCUT2D eigenvalue weighted by Gasteiger charge is 2.47. The van der Waals surface area contributed by atoms with Crippen molar-refractivity contribution in [1.29, 1.82) is 0 Å². The van der Waals surface area contributed by atoms with Crippen LogP contribution in [0.4, 0.5) is 0 Å². The van der Waals surface area contributed by atoms with E-state index in [2.05, 4.69) is 90.4 Å². The first-order chi connectivity index (χ1) is 32.5. The molecular weight excluding hydrogens is 821 g/mol. The number of fused-ring (bicyclic) bond motifs is 8. The molecule has 9 heterocycles. The van der Waals surface area contributed by atoms with Crippen LogP contribution in [0, 0.1) is 23.7 Å². The smallest absolute Gasteiger partial charge is 0.229 e. The van der Waals surface area contributed by atoms with Gasteiger partial charge < -0.3 is 18.9 Å². The molecule has 0 saturated carbocycles. The minimum absolute atomic E-state index is 0.106. The molecule has 3 aromatic heterocycles. The van der Waals surface area contributed by atoms with Gasteiger partial charge >= 0.3 is 0 Å². The topological polar surface area (TPSA) is 95.0 Å². The normalized spacial score (nSPS) is 25.4. The van der Waals surface area contributed by atoms with E-state index < -0.39 is 12.2 Å². The number of hydrogen-bond donors (Lipinski definition) is 0. The van der Waals surface area contributed by atoms with Crippen LogP contribution in [0.1, 0.15) is 75.7 Å². The molecule has 4 aromatic carbocycles. The number of benzene rings is 4. The van der Waals surface area contributed by atoms with E-state index >= 15 is 0 Å². The standard InChI is InChI=1S/C56H60N6O4/c1-5-35-33-61-27-23-39(35)29-49(61)52(43-21-25-57-47-19-17-41(63-3)31-45(43)47)65-55-51(37-13-9-7-10-14-37)56(60-54(59-55)38-15-11-8-12-16-38)66-53(50-30-40-24-28-62(50)34-36(40)6-2)44-22-26-58-48-20-18-42(64-4)32-46(44)48/h7-22,25-26,31-32,35-36,39-40,49-50,52-53H,5-6,23-24,27-30,33-34H2,1-4H3/t35?,36?,39-,40-,49-,50+,52?,53?/m1/s1. The van der Waals surface area contributed by atoms with E-state index in [1.165, 1.54) is 25.7 Å². The third-order valence-electron chi connectivity index (χ3n) is 15.6. The Labute approximate surface area is 388 Å².